The monoisotopic (exact) mass is 414 g/mol. The summed E-state index contributed by atoms with van der Waals surface area (Å²) in [6.07, 6.45) is 1.84. The van der Waals surface area contributed by atoms with Crippen molar-refractivity contribution in [2.45, 2.75) is 50.7 Å². The van der Waals surface area contributed by atoms with Crippen molar-refractivity contribution in [3.63, 3.8) is 0 Å². The van der Waals surface area contributed by atoms with Gasteiger partial charge in [0.05, 0.1) is 0 Å². The van der Waals surface area contributed by atoms with Gasteiger partial charge in [-0.3, -0.25) is 10.1 Å². The van der Waals surface area contributed by atoms with Gasteiger partial charge in [0.1, 0.15) is 10.6 Å². The molecule has 0 aromatic carbocycles. The van der Waals surface area contributed by atoms with Gasteiger partial charge in [0.25, 0.3) is 5.91 Å². The molecule has 1 aromatic rings. The van der Waals surface area contributed by atoms with E-state index in [-0.39, 0.29) is 16.6 Å². The predicted molar refractivity (Wildman–Crippen MR) is 100 cm³/mol. The fourth-order valence-electron chi connectivity index (χ4n) is 2.53. The number of hydrogen-bond donors (Lipinski definition) is 2. The summed E-state index contributed by atoms with van der Waals surface area (Å²) in [5, 5.41) is 4.69. The van der Waals surface area contributed by atoms with Crippen molar-refractivity contribution in [1.29, 1.82) is 0 Å². The maximum atomic E-state index is 12.6. The third kappa shape index (κ3) is 5.10. The summed E-state index contributed by atoms with van der Waals surface area (Å²) >= 11 is 0. The lowest BCUT2D eigenvalue weighted by molar-refractivity contribution is -0.127. The van der Waals surface area contributed by atoms with Crippen molar-refractivity contribution in [3.8, 4) is 0 Å². The van der Waals surface area contributed by atoms with Crippen LogP contribution in [0.3, 0.4) is 0 Å². The molecule has 0 bridgehead atoms. The topological polar surface area (TPSA) is 127 Å². The zero-order chi connectivity index (χ0) is 21.1. The number of nitrogens with one attached hydrogen (secondary N) is 2. The highest BCUT2D eigenvalue weighted by atomic mass is 32.2. The van der Waals surface area contributed by atoms with Gasteiger partial charge in [0.15, 0.2) is 6.10 Å². The Morgan fingerprint density at radius 3 is 2.43 bits per heavy atom. The highest BCUT2D eigenvalue weighted by Crippen LogP contribution is 2.20. The van der Waals surface area contributed by atoms with E-state index in [4.69, 9.17) is 4.74 Å². The van der Waals surface area contributed by atoms with Crippen LogP contribution in [0.15, 0.2) is 17.2 Å². The Morgan fingerprint density at radius 1 is 1.29 bits per heavy atom. The molecule has 0 radical (unpaired) electrons. The number of rotatable bonds is 8. The average Bonchev–Trinajstić information content (AvgIpc) is 3.33. The number of aromatic nitrogens is 1. The second-order valence-electron chi connectivity index (χ2n) is 6.55. The lowest BCUT2D eigenvalue weighted by Gasteiger charge is -2.17. The third-order valence-electron chi connectivity index (χ3n) is 4.33. The van der Waals surface area contributed by atoms with Crippen LogP contribution in [-0.4, -0.2) is 60.4 Å². The van der Waals surface area contributed by atoms with Crippen LogP contribution in [0.4, 0.5) is 4.79 Å². The van der Waals surface area contributed by atoms with Crippen molar-refractivity contribution in [2.75, 3.05) is 13.1 Å². The number of nitrogens with zero attached hydrogens (tertiary/aromatic N) is 2. The lowest BCUT2D eigenvalue weighted by Crippen LogP contribution is -2.45. The van der Waals surface area contributed by atoms with Crippen molar-refractivity contribution < 1.29 is 27.5 Å². The molecule has 1 fully saturated rings. The van der Waals surface area contributed by atoms with Crippen molar-refractivity contribution in [3.05, 3.63) is 18.0 Å². The van der Waals surface area contributed by atoms with Crippen LogP contribution in [0.1, 0.15) is 44.1 Å². The van der Waals surface area contributed by atoms with Crippen molar-refractivity contribution in [1.82, 2.24) is 19.5 Å². The molecule has 1 aliphatic carbocycles. The molecule has 2 rings (SSSR count). The second-order valence-corrected chi connectivity index (χ2v) is 8.48. The highest BCUT2D eigenvalue weighted by Gasteiger charge is 2.29. The van der Waals surface area contributed by atoms with E-state index < -0.39 is 34.0 Å². The molecule has 1 unspecified atom stereocenters. The molecule has 3 amide bonds. The van der Waals surface area contributed by atoms with Crippen molar-refractivity contribution in [2.24, 2.45) is 7.05 Å². The third-order valence-corrected chi connectivity index (χ3v) is 6.35. The molecule has 0 spiro atoms. The number of hydrogen-bond acceptors (Lipinski definition) is 6. The Balaban J connectivity index is 2.04. The Bertz CT molecular complexity index is 855. The van der Waals surface area contributed by atoms with Gasteiger partial charge in [-0.05, 0) is 25.8 Å². The molecule has 28 heavy (non-hydrogen) atoms. The minimum Gasteiger partial charge on any atom is -0.448 e. The van der Waals surface area contributed by atoms with E-state index in [2.05, 4.69) is 10.6 Å². The van der Waals surface area contributed by atoms with Gasteiger partial charge < -0.3 is 14.6 Å². The summed E-state index contributed by atoms with van der Waals surface area (Å²) < 4.78 is 32.8. The molecule has 1 aliphatic rings. The van der Waals surface area contributed by atoms with E-state index in [1.807, 2.05) is 0 Å². The summed E-state index contributed by atoms with van der Waals surface area (Å²) in [5.74, 6) is -1.63. The van der Waals surface area contributed by atoms with Gasteiger partial charge in [-0.25, -0.2) is 18.0 Å². The fourth-order valence-corrected chi connectivity index (χ4v) is 4.06. The van der Waals surface area contributed by atoms with E-state index in [0.29, 0.717) is 13.1 Å². The molecule has 1 aromatic heterocycles. The fraction of sp³-hybridized carbons (Fsp3) is 0.588. The largest absolute Gasteiger partial charge is 0.448 e. The molecular weight excluding hydrogens is 388 g/mol. The molecule has 11 heteroatoms. The number of ether oxygens (including phenoxy) is 1. The van der Waals surface area contributed by atoms with E-state index in [1.165, 1.54) is 35.1 Å². The van der Waals surface area contributed by atoms with Crippen LogP contribution in [0.5, 0.6) is 0 Å². The van der Waals surface area contributed by atoms with Crippen molar-refractivity contribution >= 4 is 27.9 Å². The normalized spacial score (nSPS) is 15.2. The number of carbonyl (C=O) groups is 3. The van der Waals surface area contributed by atoms with E-state index in [0.717, 1.165) is 12.8 Å². The first kappa shape index (κ1) is 21.9. The number of amides is 3. The van der Waals surface area contributed by atoms with Crippen LogP contribution in [-0.2, 0) is 26.6 Å². The van der Waals surface area contributed by atoms with Crippen LogP contribution in [0.2, 0.25) is 0 Å². The van der Waals surface area contributed by atoms with Gasteiger partial charge in [0, 0.05) is 32.4 Å². The SMILES string of the molecule is CCN(CC)S(=O)(=O)c1cc(C(=O)OC(C)C(=O)NC(=O)NC2CC2)n(C)c1. The summed E-state index contributed by atoms with van der Waals surface area (Å²) in [4.78, 5) is 35.9. The first-order chi connectivity index (χ1) is 13.1. The molecule has 1 saturated carbocycles. The quantitative estimate of drug-likeness (QED) is 0.600. The number of imide groups is 1. The first-order valence-electron chi connectivity index (χ1n) is 9.09. The maximum absolute atomic E-state index is 12.6. The van der Waals surface area contributed by atoms with Gasteiger partial charge in [-0.1, -0.05) is 13.8 Å². The molecule has 2 N–H and O–H groups in total. The molecule has 0 saturated heterocycles. The van der Waals surface area contributed by atoms with E-state index in [9.17, 15) is 22.8 Å². The lowest BCUT2D eigenvalue weighted by atomic mass is 10.3. The molecule has 1 heterocycles. The number of sulfonamides is 1. The Kier molecular flexibility index (Phi) is 6.83. The number of urea groups is 1. The van der Waals surface area contributed by atoms with Gasteiger partial charge >= 0.3 is 12.0 Å². The zero-order valence-corrected chi connectivity index (χ0v) is 17.2. The van der Waals surface area contributed by atoms with Crippen LogP contribution < -0.4 is 10.6 Å². The van der Waals surface area contributed by atoms with E-state index >= 15 is 0 Å². The minimum absolute atomic E-state index is 0.0205. The molecule has 1 atom stereocenters. The van der Waals surface area contributed by atoms with Gasteiger partial charge in [0.2, 0.25) is 10.0 Å². The van der Waals surface area contributed by atoms with E-state index in [1.54, 1.807) is 13.8 Å². The second kappa shape index (κ2) is 8.74. The summed E-state index contributed by atoms with van der Waals surface area (Å²) in [7, 11) is -2.22. The zero-order valence-electron chi connectivity index (χ0n) is 16.4. The minimum atomic E-state index is -3.73. The number of carbonyl (C=O) groups excluding carboxylic acids is 3. The maximum Gasteiger partial charge on any atom is 0.355 e. The Hall–Kier alpha value is -2.40. The molecule has 0 aliphatic heterocycles. The smallest absolute Gasteiger partial charge is 0.355 e. The summed E-state index contributed by atoms with van der Waals surface area (Å²) in [6, 6.07) is 0.655. The van der Waals surface area contributed by atoms with Crippen LogP contribution in [0, 0.1) is 0 Å². The van der Waals surface area contributed by atoms with Gasteiger partial charge in [-0.2, -0.15) is 4.31 Å². The van der Waals surface area contributed by atoms with Crippen LogP contribution >= 0.6 is 0 Å². The molecular formula is C17H26N4O6S. The standard InChI is InChI=1S/C17H26N4O6S/c1-5-21(6-2)28(25,26)13-9-14(20(4)10-13)16(23)27-11(3)15(22)19-17(24)18-12-7-8-12/h9-12H,5-8H2,1-4H3,(H2,18,19,22,24). The van der Waals surface area contributed by atoms with Gasteiger partial charge in [-0.15, -0.1) is 0 Å². The average molecular weight is 414 g/mol. The summed E-state index contributed by atoms with van der Waals surface area (Å²) in [6.45, 7) is 5.37. The predicted octanol–water partition coefficient (Wildman–Crippen LogP) is 0.589. The first-order valence-corrected chi connectivity index (χ1v) is 10.5. The summed E-state index contributed by atoms with van der Waals surface area (Å²) in [5.41, 5.74) is -0.0205. The molecule has 10 nitrogen and oxygen atoms in total. The molecule has 156 valence electrons. The number of aryl methyl sites for hydroxylation is 1. The Morgan fingerprint density at radius 2 is 1.89 bits per heavy atom. The Labute approximate surface area is 164 Å². The number of esters is 1. The highest BCUT2D eigenvalue weighted by molar-refractivity contribution is 7.89. The van der Waals surface area contributed by atoms with Crippen LogP contribution in [0.25, 0.3) is 0 Å².